The van der Waals surface area contributed by atoms with E-state index < -0.39 is 0 Å². The molecule has 3 heteroatoms. The van der Waals surface area contributed by atoms with Gasteiger partial charge in [-0.3, -0.25) is 4.79 Å². The van der Waals surface area contributed by atoms with Crippen molar-refractivity contribution in [1.82, 2.24) is 0 Å². The van der Waals surface area contributed by atoms with Crippen LogP contribution in [0.2, 0.25) is 0 Å². The van der Waals surface area contributed by atoms with E-state index in [1.165, 1.54) is 42.2 Å². The molecule has 172 valence electrons. The zero-order valence-electron chi connectivity index (χ0n) is 20.7. The van der Waals surface area contributed by atoms with Crippen molar-refractivity contribution in [2.75, 3.05) is 7.11 Å². The van der Waals surface area contributed by atoms with Gasteiger partial charge in [-0.1, -0.05) is 69.7 Å². The minimum absolute atomic E-state index is 0.00716. The Morgan fingerprint density at radius 3 is 2.19 bits per heavy atom. The molecule has 1 unspecified atom stereocenters. The van der Waals surface area contributed by atoms with Crippen LogP contribution in [0.4, 0.5) is 0 Å². The van der Waals surface area contributed by atoms with Gasteiger partial charge < -0.3 is 9.47 Å². The van der Waals surface area contributed by atoms with Crippen molar-refractivity contribution in [3.63, 3.8) is 0 Å². The minimum Gasteiger partial charge on any atom is -0.489 e. The van der Waals surface area contributed by atoms with Crippen LogP contribution >= 0.6 is 0 Å². The summed E-state index contributed by atoms with van der Waals surface area (Å²) < 4.78 is 11.0. The predicted molar refractivity (Wildman–Crippen MR) is 131 cm³/mol. The van der Waals surface area contributed by atoms with E-state index in [0.717, 1.165) is 11.3 Å². The summed E-state index contributed by atoms with van der Waals surface area (Å²) >= 11 is 0. The second kappa shape index (κ2) is 9.52. The first kappa shape index (κ1) is 24.1. The molecule has 0 amide bonds. The summed E-state index contributed by atoms with van der Waals surface area (Å²) in [6.45, 7) is 14.0. The summed E-state index contributed by atoms with van der Waals surface area (Å²) in [4.78, 5) is 11.8. The molecule has 0 heterocycles. The molecule has 0 aromatic heterocycles. The van der Waals surface area contributed by atoms with E-state index in [2.05, 4.69) is 52.0 Å². The zero-order chi connectivity index (χ0) is 23.5. The third kappa shape index (κ3) is 5.62. The molecular weight excluding hydrogens is 396 g/mol. The van der Waals surface area contributed by atoms with Crippen molar-refractivity contribution in [3.05, 3.63) is 76.4 Å². The Balaban J connectivity index is 1.73. The predicted octanol–water partition coefficient (Wildman–Crippen LogP) is 7.23. The maximum Gasteiger partial charge on any atom is 0.306 e. The highest BCUT2D eigenvalue weighted by molar-refractivity contribution is 5.70. The van der Waals surface area contributed by atoms with Gasteiger partial charge in [0.1, 0.15) is 12.4 Å². The van der Waals surface area contributed by atoms with Gasteiger partial charge in [0.25, 0.3) is 0 Å². The van der Waals surface area contributed by atoms with Gasteiger partial charge in [0.15, 0.2) is 0 Å². The molecule has 0 saturated carbocycles. The number of benzene rings is 2. The van der Waals surface area contributed by atoms with Gasteiger partial charge in [-0.25, -0.2) is 0 Å². The number of rotatable bonds is 7. The average molecular weight is 435 g/mol. The van der Waals surface area contributed by atoms with E-state index in [9.17, 15) is 4.79 Å². The number of methoxy groups -OCH3 is 1. The lowest BCUT2D eigenvalue weighted by atomic mass is 9.63. The van der Waals surface area contributed by atoms with Crippen molar-refractivity contribution in [2.24, 2.45) is 0 Å². The number of carbonyl (C=O) groups is 1. The van der Waals surface area contributed by atoms with Crippen molar-refractivity contribution in [3.8, 4) is 5.75 Å². The molecule has 0 fully saturated rings. The van der Waals surface area contributed by atoms with Crippen LogP contribution in [0.3, 0.4) is 0 Å². The molecule has 1 aliphatic rings. The van der Waals surface area contributed by atoms with Crippen molar-refractivity contribution < 1.29 is 14.3 Å². The van der Waals surface area contributed by atoms with Crippen molar-refractivity contribution in [2.45, 2.75) is 84.2 Å². The molecular formula is C29H38O3. The fourth-order valence-corrected chi connectivity index (χ4v) is 4.64. The molecule has 32 heavy (non-hydrogen) atoms. The van der Waals surface area contributed by atoms with Crippen LogP contribution in [0, 0.1) is 0 Å². The summed E-state index contributed by atoms with van der Waals surface area (Å²) in [5, 5.41) is 0. The van der Waals surface area contributed by atoms with E-state index >= 15 is 0 Å². The number of esters is 1. The number of hydrogen-bond acceptors (Lipinski definition) is 3. The Kier molecular flexibility index (Phi) is 7.17. The normalized spacial score (nSPS) is 17.1. The van der Waals surface area contributed by atoms with Crippen LogP contribution in [0.25, 0.3) is 0 Å². The van der Waals surface area contributed by atoms with E-state index in [-0.39, 0.29) is 22.7 Å². The topological polar surface area (TPSA) is 35.5 Å². The third-order valence-corrected chi connectivity index (χ3v) is 6.78. The Morgan fingerprint density at radius 1 is 0.969 bits per heavy atom. The van der Waals surface area contributed by atoms with E-state index in [1.54, 1.807) is 0 Å². The Morgan fingerprint density at radius 2 is 1.59 bits per heavy atom. The first-order valence-electron chi connectivity index (χ1n) is 11.6. The first-order valence-corrected chi connectivity index (χ1v) is 11.6. The largest absolute Gasteiger partial charge is 0.489 e. The minimum atomic E-state index is -0.202. The van der Waals surface area contributed by atoms with Crippen LogP contribution in [0.5, 0.6) is 5.75 Å². The quantitative estimate of drug-likeness (QED) is 0.341. The fraction of sp³-hybridized carbons (Fsp3) is 0.483. The Labute approximate surface area is 193 Å². The monoisotopic (exact) mass is 434 g/mol. The molecule has 3 nitrogen and oxygen atoms in total. The smallest absolute Gasteiger partial charge is 0.306 e. The van der Waals surface area contributed by atoms with Crippen molar-refractivity contribution in [1.29, 1.82) is 0 Å². The maximum absolute atomic E-state index is 11.8. The lowest BCUT2D eigenvalue weighted by Crippen LogP contribution is -2.33. The molecule has 0 radical (unpaired) electrons. The molecule has 1 aliphatic carbocycles. The maximum atomic E-state index is 11.8. The van der Waals surface area contributed by atoms with Crippen LogP contribution < -0.4 is 4.74 Å². The summed E-state index contributed by atoms with van der Waals surface area (Å²) in [6, 6.07) is 14.9. The molecule has 2 aromatic rings. The average Bonchev–Trinajstić information content (AvgIpc) is 2.75. The highest BCUT2D eigenvalue weighted by atomic mass is 16.5. The second-order valence-electron chi connectivity index (χ2n) is 10.6. The lowest BCUT2D eigenvalue weighted by molar-refractivity contribution is -0.140. The van der Waals surface area contributed by atoms with Gasteiger partial charge >= 0.3 is 5.97 Å². The molecule has 1 atom stereocenters. The number of carbonyl (C=O) groups excluding carboxylic acids is 1. The van der Waals surface area contributed by atoms with Gasteiger partial charge in [-0.2, -0.15) is 0 Å². The second-order valence-corrected chi connectivity index (χ2v) is 10.6. The molecule has 0 aliphatic heterocycles. The van der Waals surface area contributed by atoms with Gasteiger partial charge in [0.2, 0.25) is 0 Å². The van der Waals surface area contributed by atoms with Crippen LogP contribution in [-0.2, 0) is 27.0 Å². The van der Waals surface area contributed by atoms with Gasteiger partial charge in [0.05, 0.1) is 13.5 Å². The molecule has 0 bridgehead atoms. The standard InChI is InChI=1S/C29H38O3/c1-20(2)16-23(18-27(30)31-7)22-9-11-24(12-10-22)32-19-21-8-13-25-26(17-21)29(5,6)15-14-28(25,3)4/h8-13,16-17,23H,14-15,18-19H2,1-7H3. The zero-order valence-corrected chi connectivity index (χ0v) is 20.7. The van der Waals surface area contributed by atoms with Gasteiger partial charge in [-0.05, 0) is 71.9 Å². The number of ether oxygens (including phenoxy) is 2. The number of fused-ring (bicyclic) bond motifs is 1. The molecule has 3 rings (SSSR count). The number of allylic oxidation sites excluding steroid dienone is 2. The third-order valence-electron chi connectivity index (χ3n) is 6.78. The van der Waals surface area contributed by atoms with Gasteiger partial charge in [0, 0.05) is 5.92 Å². The van der Waals surface area contributed by atoms with Crippen LogP contribution in [-0.4, -0.2) is 13.1 Å². The molecule has 0 saturated heterocycles. The highest BCUT2D eigenvalue weighted by Crippen LogP contribution is 2.46. The van der Waals surface area contributed by atoms with Crippen LogP contribution in [0.15, 0.2) is 54.1 Å². The SMILES string of the molecule is COC(=O)CC(C=C(C)C)c1ccc(OCc2ccc3c(c2)C(C)(C)CCC3(C)C)cc1. The Hall–Kier alpha value is -2.55. The summed E-state index contributed by atoms with van der Waals surface area (Å²) in [5.74, 6) is 0.638. The molecule has 0 spiro atoms. The van der Waals surface area contributed by atoms with E-state index in [1.807, 2.05) is 38.1 Å². The summed E-state index contributed by atoms with van der Waals surface area (Å²) in [5.41, 5.74) is 6.82. The molecule has 0 N–H and O–H groups in total. The van der Waals surface area contributed by atoms with Crippen LogP contribution in [0.1, 0.15) is 89.0 Å². The van der Waals surface area contributed by atoms with Gasteiger partial charge in [-0.15, -0.1) is 0 Å². The van der Waals surface area contributed by atoms with E-state index in [0.29, 0.717) is 13.0 Å². The summed E-state index contributed by atoms with van der Waals surface area (Å²) in [6.07, 6.45) is 4.88. The summed E-state index contributed by atoms with van der Waals surface area (Å²) in [7, 11) is 1.43. The Bertz CT molecular complexity index is 976. The first-order chi connectivity index (χ1) is 15.0. The van der Waals surface area contributed by atoms with Crippen molar-refractivity contribution >= 4 is 5.97 Å². The fourth-order valence-electron chi connectivity index (χ4n) is 4.64. The lowest BCUT2D eigenvalue weighted by Gasteiger charge is -2.42. The van der Waals surface area contributed by atoms with E-state index in [4.69, 9.17) is 9.47 Å². The number of hydrogen-bond donors (Lipinski definition) is 0. The highest BCUT2D eigenvalue weighted by Gasteiger charge is 2.36. The molecule has 2 aromatic carbocycles.